The van der Waals surface area contributed by atoms with E-state index in [-0.39, 0.29) is 16.2 Å². The van der Waals surface area contributed by atoms with Gasteiger partial charge in [0.2, 0.25) is 5.75 Å². The highest BCUT2D eigenvalue weighted by Gasteiger charge is 2.36. The molecule has 1 heterocycles. The van der Waals surface area contributed by atoms with Gasteiger partial charge in [-0.15, -0.1) is 0 Å². The van der Waals surface area contributed by atoms with E-state index in [1.807, 2.05) is 0 Å². The summed E-state index contributed by atoms with van der Waals surface area (Å²) in [6.07, 6.45) is 1.27. The van der Waals surface area contributed by atoms with Crippen LogP contribution < -0.4 is 4.74 Å². The Morgan fingerprint density at radius 1 is 1.28 bits per heavy atom. The van der Waals surface area contributed by atoms with Crippen LogP contribution in [-0.2, 0) is 4.79 Å². The van der Waals surface area contributed by atoms with Gasteiger partial charge in [-0.05, 0) is 29.5 Å². The molecule has 10 heteroatoms. The first-order valence-corrected chi connectivity index (χ1v) is 9.02. The highest BCUT2D eigenvalue weighted by atomic mass is 32.2. The smallest absolute Gasteiger partial charge is 0.315 e. The first-order chi connectivity index (χ1) is 13.8. The van der Waals surface area contributed by atoms with Crippen LogP contribution in [0.4, 0.5) is 10.5 Å². The number of carbonyl (C=O) groups excluding carboxylic acids is 3. The maximum absolute atomic E-state index is 12.6. The second-order valence-electron chi connectivity index (χ2n) is 5.91. The fourth-order valence-electron chi connectivity index (χ4n) is 2.64. The molecule has 0 saturated carbocycles. The quantitative estimate of drug-likeness (QED) is 0.330. The van der Waals surface area contributed by atoms with Gasteiger partial charge in [0.05, 0.1) is 23.5 Å². The average Bonchev–Trinajstić information content (AvgIpc) is 2.96. The number of benzene rings is 2. The Hall–Kier alpha value is -3.66. The Balaban J connectivity index is 1.87. The Morgan fingerprint density at radius 2 is 1.97 bits per heavy atom. The molecule has 1 saturated heterocycles. The van der Waals surface area contributed by atoms with Crippen LogP contribution in [0.1, 0.15) is 15.9 Å². The van der Waals surface area contributed by atoms with Crippen molar-refractivity contribution in [2.24, 2.45) is 0 Å². The molecule has 0 radical (unpaired) electrons. The summed E-state index contributed by atoms with van der Waals surface area (Å²) in [5.74, 6) is -1.87. The van der Waals surface area contributed by atoms with Crippen LogP contribution in [0.5, 0.6) is 11.5 Å². The Bertz CT molecular complexity index is 1050. The van der Waals surface area contributed by atoms with Gasteiger partial charge in [-0.25, -0.2) is 0 Å². The summed E-state index contributed by atoms with van der Waals surface area (Å²) in [5.41, 5.74) is -0.0465. The van der Waals surface area contributed by atoms with E-state index < -0.39 is 39.8 Å². The van der Waals surface area contributed by atoms with E-state index >= 15 is 0 Å². The largest absolute Gasteiger partial charge is 0.500 e. The molecule has 2 aromatic carbocycles. The summed E-state index contributed by atoms with van der Waals surface area (Å²) in [6.45, 7) is -0.412. The number of nitro groups is 1. The molecular formula is C19H14N2O7S. The number of phenols is 1. The SMILES string of the molecule is COc1cc(/C=C2/SC(=O)N(CC(=O)c3ccccc3)C2=O)cc([N+](=O)[O-])c1O. The highest BCUT2D eigenvalue weighted by Crippen LogP contribution is 2.39. The standard InChI is InChI=1S/C19H14N2O7S/c1-28-15-8-11(7-13(17(15)23)21(26)27)9-16-18(24)20(19(25)29-16)10-14(22)12-5-3-2-4-6-12/h2-9,23H,10H2,1H3/b16-9+. The lowest BCUT2D eigenvalue weighted by atomic mass is 10.1. The molecule has 1 aliphatic heterocycles. The number of imide groups is 1. The zero-order valence-electron chi connectivity index (χ0n) is 15.0. The molecule has 1 fully saturated rings. The predicted octanol–water partition coefficient (Wildman–Crippen LogP) is 3.23. The first kappa shape index (κ1) is 20.1. The minimum Gasteiger partial charge on any atom is -0.500 e. The second-order valence-corrected chi connectivity index (χ2v) is 6.90. The van der Waals surface area contributed by atoms with Gasteiger partial charge in [0.25, 0.3) is 11.1 Å². The molecule has 0 bridgehead atoms. The van der Waals surface area contributed by atoms with Gasteiger partial charge in [-0.1, -0.05) is 30.3 Å². The highest BCUT2D eigenvalue weighted by molar-refractivity contribution is 8.18. The summed E-state index contributed by atoms with van der Waals surface area (Å²) >= 11 is 0.619. The number of phenolic OH excluding ortho intramolecular Hbond substituents is 1. The van der Waals surface area contributed by atoms with Crippen LogP contribution in [0, 0.1) is 10.1 Å². The van der Waals surface area contributed by atoms with E-state index in [4.69, 9.17) is 4.74 Å². The van der Waals surface area contributed by atoms with Gasteiger partial charge in [0.1, 0.15) is 0 Å². The fourth-order valence-corrected chi connectivity index (χ4v) is 3.48. The Morgan fingerprint density at radius 3 is 2.59 bits per heavy atom. The lowest BCUT2D eigenvalue weighted by Gasteiger charge is -2.11. The number of rotatable bonds is 6. The lowest BCUT2D eigenvalue weighted by Crippen LogP contribution is -2.33. The van der Waals surface area contributed by atoms with Gasteiger partial charge in [-0.3, -0.25) is 29.4 Å². The molecule has 0 unspecified atom stereocenters. The molecular weight excluding hydrogens is 400 g/mol. The maximum Gasteiger partial charge on any atom is 0.315 e. The zero-order chi connectivity index (χ0) is 21.1. The third kappa shape index (κ3) is 4.11. The minimum absolute atomic E-state index is 0.00194. The van der Waals surface area contributed by atoms with Gasteiger partial charge in [0, 0.05) is 11.6 Å². The van der Waals surface area contributed by atoms with Crippen molar-refractivity contribution in [1.82, 2.24) is 4.90 Å². The average molecular weight is 414 g/mol. The van der Waals surface area contributed by atoms with E-state index in [1.165, 1.54) is 19.3 Å². The van der Waals surface area contributed by atoms with Crippen LogP contribution in [0.25, 0.3) is 6.08 Å². The number of ketones is 1. The first-order valence-electron chi connectivity index (χ1n) is 8.21. The number of amides is 2. The van der Waals surface area contributed by atoms with Crippen molar-refractivity contribution in [3.05, 3.63) is 68.6 Å². The molecule has 1 aliphatic rings. The third-order valence-corrected chi connectivity index (χ3v) is 4.97. The molecule has 29 heavy (non-hydrogen) atoms. The molecule has 0 atom stereocenters. The van der Waals surface area contributed by atoms with Crippen molar-refractivity contribution in [3.63, 3.8) is 0 Å². The van der Waals surface area contributed by atoms with Gasteiger partial charge < -0.3 is 9.84 Å². The molecule has 2 amide bonds. The normalized spacial score (nSPS) is 15.1. The van der Waals surface area contributed by atoms with Crippen molar-refractivity contribution in [2.45, 2.75) is 0 Å². The Kier molecular flexibility index (Phi) is 5.64. The van der Waals surface area contributed by atoms with E-state index in [2.05, 4.69) is 0 Å². The molecule has 3 rings (SSSR count). The number of Topliss-reactive ketones (excluding diaryl/α,β-unsaturated/α-hetero) is 1. The van der Waals surface area contributed by atoms with Crippen molar-refractivity contribution in [1.29, 1.82) is 0 Å². The number of aromatic hydroxyl groups is 1. The van der Waals surface area contributed by atoms with Crippen LogP contribution >= 0.6 is 11.8 Å². The van der Waals surface area contributed by atoms with Crippen LogP contribution in [-0.4, -0.2) is 45.5 Å². The van der Waals surface area contributed by atoms with Crippen molar-refractivity contribution in [2.75, 3.05) is 13.7 Å². The summed E-state index contributed by atoms with van der Waals surface area (Å²) in [6, 6.07) is 10.6. The summed E-state index contributed by atoms with van der Waals surface area (Å²) < 4.78 is 4.91. The molecule has 0 aromatic heterocycles. The van der Waals surface area contributed by atoms with Crippen molar-refractivity contribution in [3.8, 4) is 11.5 Å². The minimum atomic E-state index is -0.792. The predicted molar refractivity (Wildman–Crippen MR) is 105 cm³/mol. The second kappa shape index (κ2) is 8.15. The van der Waals surface area contributed by atoms with Gasteiger partial charge in [-0.2, -0.15) is 0 Å². The molecule has 0 aliphatic carbocycles. The number of carbonyl (C=O) groups is 3. The molecule has 1 N–H and O–H groups in total. The zero-order valence-corrected chi connectivity index (χ0v) is 15.8. The summed E-state index contributed by atoms with van der Waals surface area (Å²) in [5, 5.41) is 20.3. The Labute approximate surface area is 168 Å². The number of hydrogen-bond acceptors (Lipinski definition) is 8. The number of hydrogen-bond donors (Lipinski definition) is 1. The van der Waals surface area contributed by atoms with Crippen LogP contribution in [0.2, 0.25) is 0 Å². The van der Waals surface area contributed by atoms with Crippen molar-refractivity contribution >= 4 is 40.5 Å². The summed E-state index contributed by atoms with van der Waals surface area (Å²) in [4.78, 5) is 48.2. The van der Waals surface area contributed by atoms with Crippen molar-refractivity contribution < 1.29 is 29.2 Å². The van der Waals surface area contributed by atoms with E-state index in [1.54, 1.807) is 30.3 Å². The maximum atomic E-state index is 12.6. The topological polar surface area (TPSA) is 127 Å². The number of ether oxygens (including phenoxy) is 1. The number of methoxy groups -OCH3 is 1. The third-order valence-electron chi connectivity index (χ3n) is 4.06. The molecule has 2 aromatic rings. The van der Waals surface area contributed by atoms with E-state index in [9.17, 15) is 29.6 Å². The molecule has 148 valence electrons. The van der Waals surface area contributed by atoms with E-state index in [0.717, 1.165) is 11.0 Å². The van der Waals surface area contributed by atoms with Gasteiger partial charge >= 0.3 is 5.69 Å². The lowest BCUT2D eigenvalue weighted by molar-refractivity contribution is -0.386. The summed E-state index contributed by atoms with van der Waals surface area (Å²) in [7, 11) is 1.23. The van der Waals surface area contributed by atoms with Crippen LogP contribution in [0.15, 0.2) is 47.4 Å². The number of nitro benzene ring substituents is 1. The number of thioether (sulfide) groups is 1. The molecule has 9 nitrogen and oxygen atoms in total. The number of nitrogens with zero attached hydrogens (tertiary/aromatic N) is 2. The molecule has 0 spiro atoms. The van der Waals surface area contributed by atoms with E-state index in [0.29, 0.717) is 17.3 Å². The monoisotopic (exact) mass is 414 g/mol. The van der Waals surface area contributed by atoms with Crippen LogP contribution in [0.3, 0.4) is 0 Å². The van der Waals surface area contributed by atoms with Gasteiger partial charge in [0.15, 0.2) is 11.5 Å². The fraction of sp³-hybridized carbons (Fsp3) is 0.105.